The Balaban J connectivity index is 1.43. The number of amides is 1. The SMILES string of the molecule is Cc1noc(-c2ccc(C(=O)N(C/C=C/c3ccccc3)c3ccc4c(c3)OCCO4)cc2)n1. The standard InChI is InChI=1S/C27H23N3O4/c1-19-28-26(34-29-19)21-9-11-22(12-10-21)27(31)30(15-5-8-20-6-3-2-4-7-20)23-13-14-24-25(18-23)33-17-16-32-24/h2-14,18H,15-17H2,1H3/b8-5+. The molecule has 1 aromatic heterocycles. The quantitative estimate of drug-likeness (QED) is 0.401. The second kappa shape index (κ2) is 9.62. The fraction of sp³-hybridized carbons (Fsp3) is 0.148. The molecule has 0 fully saturated rings. The highest BCUT2D eigenvalue weighted by atomic mass is 16.6. The molecule has 7 nitrogen and oxygen atoms in total. The lowest BCUT2D eigenvalue weighted by atomic mass is 10.1. The number of hydrogen-bond donors (Lipinski definition) is 0. The molecule has 2 heterocycles. The summed E-state index contributed by atoms with van der Waals surface area (Å²) in [7, 11) is 0. The van der Waals surface area contributed by atoms with Crippen molar-refractivity contribution in [2.75, 3.05) is 24.7 Å². The number of benzene rings is 3. The zero-order chi connectivity index (χ0) is 23.3. The number of ether oxygens (including phenoxy) is 2. The summed E-state index contributed by atoms with van der Waals surface area (Å²) in [5, 5.41) is 3.82. The van der Waals surface area contributed by atoms with Gasteiger partial charge in [-0.25, -0.2) is 0 Å². The highest BCUT2D eigenvalue weighted by Gasteiger charge is 2.20. The van der Waals surface area contributed by atoms with E-state index in [1.54, 1.807) is 24.0 Å². The third-order valence-electron chi connectivity index (χ3n) is 5.39. The topological polar surface area (TPSA) is 77.7 Å². The largest absolute Gasteiger partial charge is 0.486 e. The van der Waals surface area contributed by atoms with E-state index in [1.807, 2.05) is 72.8 Å². The minimum atomic E-state index is -0.136. The summed E-state index contributed by atoms with van der Waals surface area (Å²) in [4.78, 5) is 19.5. The summed E-state index contributed by atoms with van der Waals surface area (Å²) >= 11 is 0. The number of aryl methyl sites for hydroxylation is 1. The third-order valence-corrected chi connectivity index (χ3v) is 5.39. The zero-order valence-corrected chi connectivity index (χ0v) is 18.7. The Bertz CT molecular complexity index is 1310. The van der Waals surface area contributed by atoms with Crippen molar-refractivity contribution in [1.82, 2.24) is 10.1 Å². The van der Waals surface area contributed by atoms with E-state index in [9.17, 15) is 4.79 Å². The molecule has 7 heteroatoms. The number of rotatable bonds is 6. The van der Waals surface area contributed by atoms with Crippen LogP contribution < -0.4 is 14.4 Å². The first-order valence-electron chi connectivity index (χ1n) is 11.0. The van der Waals surface area contributed by atoms with Crippen molar-refractivity contribution in [3.8, 4) is 23.0 Å². The van der Waals surface area contributed by atoms with Crippen molar-refractivity contribution >= 4 is 17.7 Å². The molecule has 0 N–H and O–H groups in total. The number of carbonyl (C=O) groups is 1. The van der Waals surface area contributed by atoms with Crippen LogP contribution in [0.25, 0.3) is 17.5 Å². The van der Waals surface area contributed by atoms with Crippen LogP contribution >= 0.6 is 0 Å². The predicted octanol–water partition coefficient (Wildman–Crippen LogP) is 5.18. The molecule has 5 rings (SSSR count). The highest BCUT2D eigenvalue weighted by Crippen LogP contribution is 2.34. The maximum Gasteiger partial charge on any atom is 0.258 e. The molecule has 0 bridgehead atoms. The Morgan fingerprint density at radius 2 is 1.74 bits per heavy atom. The first-order chi connectivity index (χ1) is 16.7. The maximum atomic E-state index is 13.6. The number of fused-ring (bicyclic) bond motifs is 1. The summed E-state index contributed by atoms with van der Waals surface area (Å²) < 4.78 is 16.6. The van der Waals surface area contributed by atoms with Crippen molar-refractivity contribution in [2.45, 2.75) is 6.92 Å². The molecule has 34 heavy (non-hydrogen) atoms. The van der Waals surface area contributed by atoms with Crippen LogP contribution in [0.2, 0.25) is 0 Å². The number of carbonyl (C=O) groups excluding carboxylic acids is 1. The molecule has 1 amide bonds. The third kappa shape index (κ3) is 4.68. The molecule has 3 aromatic carbocycles. The van der Waals surface area contributed by atoms with Gasteiger partial charge in [-0.05, 0) is 48.9 Å². The number of aromatic nitrogens is 2. The van der Waals surface area contributed by atoms with Crippen molar-refractivity contribution in [1.29, 1.82) is 0 Å². The van der Waals surface area contributed by atoms with Crippen LogP contribution in [0.5, 0.6) is 11.5 Å². The average Bonchev–Trinajstić information content (AvgIpc) is 3.33. The lowest BCUT2D eigenvalue weighted by molar-refractivity contribution is 0.0989. The summed E-state index contributed by atoms with van der Waals surface area (Å²) in [6, 6.07) is 22.7. The van der Waals surface area contributed by atoms with Crippen molar-refractivity contribution in [3.05, 3.63) is 95.8 Å². The predicted molar refractivity (Wildman–Crippen MR) is 129 cm³/mol. The van der Waals surface area contributed by atoms with E-state index in [-0.39, 0.29) is 5.91 Å². The Morgan fingerprint density at radius 3 is 2.47 bits per heavy atom. The van der Waals surface area contributed by atoms with Crippen LogP contribution in [-0.4, -0.2) is 35.8 Å². The van der Waals surface area contributed by atoms with Gasteiger partial charge in [-0.1, -0.05) is 47.6 Å². The van der Waals surface area contributed by atoms with E-state index < -0.39 is 0 Å². The molecular weight excluding hydrogens is 430 g/mol. The van der Waals surface area contributed by atoms with Gasteiger partial charge in [0.2, 0.25) is 0 Å². The molecule has 1 aliphatic heterocycles. The second-order valence-electron chi connectivity index (χ2n) is 7.78. The average molecular weight is 453 g/mol. The Hall–Kier alpha value is -4.39. The molecule has 0 atom stereocenters. The van der Waals surface area contributed by atoms with Gasteiger partial charge in [-0.15, -0.1) is 0 Å². The lowest BCUT2D eigenvalue weighted by Crippen LogP contribution is -2.31. The van der Waals surface area contributed by atoms with Crippen LogP contribution in [0.1, 0.15) is 21.7 Å². The van der Waals surface area contributed by atoms with Gasteiger partial charge in [0.25, 0.3) is 11.8 Å². The zero-order valence-electron chi connectivity index (χ0n) is 18.7. The van der Waals surface area contributed by atoms with Crippen LogP contribution in [0.15, 0.2) is 83.4 Å². The Labute approximate surface area is 197 Å². The molecule has 170 valence electrons. The molecule has 0 aliphatic carbocycles. The fourth-order valence-electron chi connectivity index (χ4n) is 3.69. The first-order valence-corrected chi connectivity index (χ1v) is 11.0. The van der Waals surface area contributed by atoms with Crippen LogP contribution in [0, 0.1) is 6.92 Å². The van der Waals surface area contributed by atoms with Gasteiger partial charge in [0, 0.05) is 29.4 Å². The summed E-state index contributed by atoms with van der Waals surface area (Å²) in [5.74, 6) is 2.16. The molecule has 0 saturated heterocycles. The van der Waals surface area contributed by atoms with Crippen LogP contribution in [-0.2, 0) is 0 Å². The first kappa shape index (κ1) is 21.5. The smallest absolute Gasteiger partial charge is 0.258 e. The van der Waals surface area contributed by atoms with E-state index in [4.69, 9.17) is 14.0 Å². The molecule has 0 radical (unpaired) electrons. The minimum Gasteiger partial charge on any atom is -0.486 e. The summed E-state index contributed by atoms with van der Waals surface area (Å²) in [6.07, 6.45) is 3.97. The van der Waals surface area contributed by atoms with Crippen LogP contribution in [0.3, 0.4) is 0 Å². The number of anilines is 1. The number of hydrogen-bond acceptors (Lipinski definition) is 6. The second-order valence-corrected chi connectivity index (χ2v) is 7.78. The number of nitrogens with zero attached hydrogens (tertiary/aromatic N) is 3. The van der Waals surface area contributed by atoms with Gasteiger partial charge in [0.1, 0.15) is 13.2 Å². The Kier molecular flexibility index (Phi) is 6.07. The van der Waals surface area contributed by atoms with Gasteiger partial charge >= 0.3 is 0 Å². The summed E-state index contributed by atoms with van der Waals surface area (Å²) in [6.45, 7) is 3.15. The summed E-state index contributed by atoms with van der Waals surface area (Å²) in [5.41, 5.74) is 3.09. The van der Waals surface area contributed by atoms with Gasteiger partial charge in [-0.2, -0.15) is 4.98 Å². The van der Waals surface area contributed by atoms with E-state index >= 15 is 0 Å². The van der Waals surface area contributed by atoms with Gasteiger partial charge in [0.15, 0.2) is 17.3 Å². The van der Waals surface area contributed by atoms with Gasteiger partial charge in [-0.3, -0.25) is 4.79 Å². The molecular formula is C27H23N3O4. The highest BCUT2D eigenvalue weighted by molar-refractivity contribution is 6.06. The molecule has 0 unspecified atom stereocenters. The van der Waals surface area contributed by atoms with Crippen molar-refractivity contribution in [2.24, 2.45) is 0 Å². The monoisotopic (exact) mass is 453 g/mol. The van der Waals surface area contributed by atoms with Gasteiger partial charge < -0.3 is 18.9 Å². The minimum absolute atomic E-state index is 0.136. The fourth-order valence-corrected chi connectivity index (χ4v) is 3.69. The van der Waals surface area contributed by atoms with E-state index in [2.05, 4.69) is 10.1 Å². The Morgan fingerprint density at radius 1 is 0.971 bits per heavy atom. The molecule has 0 saturated carbocycles. The van der Waals surface area contributed by atoms with Crippen molar-refractivity contribution < 1.29 is 18.8 Å². The van der Waals surface area contributed by atoms with E-state index in [0.717, 1.165) is 16.8 Å². The van der Waals surface area contributed by atoms with Crippen LogP contribution in [0.4, 0.5) is 5.69 Å². The normalized spacial score (nSPS) is 12.6. The van der Waals surface area contributed by atoms with Crippen molar-refractivity contribution in [3.63, 3.8) is 0 Å². The van der Waals surface area contributed by atoms with E-state index in [1.165, 1.54) is 0 Å². The molecule has 0 spiro atoms. The van der Waals surface area contributed by atoms with Gasteiger partial charge in [0.05, 0.1) is 0 Å². The maximum absolute atomic E-state index is 13.6. The molecule has 4 aromatic rings. The lowest BCUT2D eigenvalue weighted by Gasteiger charge is -2.24. The molecule has 1 aliphatic rings. The van der Waals surface area contributed by atoms with E-state index in [0.29, 0.717) is 48.5 Å².